The minimum absolute atomic E-state index is 0.00590. The van der Waals surface area contributed by atoms with Crippen molar-refractivity contribution in [3.63, 3.8) is 0 Å². The number of hydrogen-bond acceptors (Lipinski definition) is 12. The third-order valence-corrected chi connectivity index (χ3v) is 13.1. The van der Waals surface area contributed by atoms with Gasteiger partial charge < -0.3 is 4.74 Å². The molecule has 11 atom stereocenters. The van der Waals surface area contributed by atoms with E-state index >= 15 is 0 Å². The lowest BCUT2D eigenvalue weighted by Gasteiger charge is -2.61. The number of nitrogens with zero attached hydrogens (tertiary/aromatic N) is 6. The van der Waals surface area contributed by atoms with E-state index in [9.17, 15) is 24.0 Å². The molecule has 7 aliphatic carbocycles. The van der Waals surface area contributed by atoms with Crippen molar-refractivity contribution in [1.29, 1.82) is 5.26 Å². The van der Waals surface area contributed by atoms with Gasteiger partial charge in [0.05, 0.1) is 31.2 Å². The molecule has 4 bridgehead atoms. The number of isocyanates is 5. The number of aliphatic imine (C=N–C) groups is 5. The molecule has 0 aromatic heterocycles. The zero-order valence-electron chi connectivity index (χ0n) is 29.8. The van der Waals surface area contributed by atoms with Crippen LogP contribution in [0.1, 0.15) is 92.9 Å². The summed E-state index contributed by atoms with van der Waals surface area (Å²) in [4.78, 5) is 70.2. The monoisotopic (exact) mass is 676 g/mol. The molecule has 7 aliphatic rings. The first-order chi connectivity index (χ1) is 23.4. The van der Waals surface area contributed by atoms with Gasteiger partial charge in [-0.05, 0) is 110 Å². The van der Waals surface area contributed by atoms with Crippen molar-refractivity contribution in [2.45, 2.75) is 111 Å². The quantitative estimate of drug-likeness (QED) is 0.145. The SMILES string of the molecule is CC(C)C1CCC(N=C=O)CC1COC#N.CC1(C)C2CC(N=C=O)C(CCN=C=O)C1C2.CC1(C)C2CC(N=C=O)C(CN=C=O)C1C2. The van der Waals surface area contributed by atoms with Crippen LogP contribution in [0.4, 0.5) is 0 Å². The van der Waals surface area contributed by atoms with Crippen LogP contribution in [0.3, 0.4) is 0 Å². The molecule has 0 saturated heterocycles. The Hall–Kier alpha value is -3.81. The molecule has 0 aliphatic heterocycles. The summed E-state index contributed by atoms with van der Waals surface area (Å²) < 4.78 is 4.85. The summed E-state index contributed by atoms with van der Waals surface area (Å²) in [5, 5.41) is 8.43. The van der Waals surface area contributed by atoms with Crippen LogP contribution in [0, 0.1) is 75.6 Å². The lowest BCUT2D eigenvalue weighted by atomic mass is 9.44. The van der Waals surface area contributed by atoms with E-state index in [2.05, 4.69) is 66.5 Å². The lowest BCUT2D eigenvalue weighted by molar-refractivity contribution is -0.115. The van der Waals surface area contributed by atoms with Gasteiger partial charge in [0, 0.05) is 5.92 Å². The van der Waals surface area contributed by atoms with Gasteiger partial charge in [-0.1, -0.05) is 41.5 Å². The molecule has 12 nitrogen and oxygen atoms in total. The van der Waals surface area contributed by atoms with E-state index < -0.39 is 0 Å². The molecule has 7 rings (SSSR count). The van der Waals surface area contributed by atoms with Crippen LogP contribution in [-0.2, 0) is 28.7 Å². The van der Waals surface area contributed by atoms with Crippen LogP contribution in [0.15, 0.2) is 25.0 Å². The summed E-state index contributed by atoms with van der Waals surface area (Å²) in [7, 11) is 0. The van der Waals surface area contributed by atoms with Crippen LogP contribution >= 0.6 is 0 Å². The summed E-state index contributed by atoms with van der Waals surface area (Å²) in [6.45, 7) is 14.9. The molecular formula is C37H52N6O6. The van der Waals surface area contributed by atoms with Crippen molar-refractivity contribution < 1.29 is 28.7 Å². The first-order valence-corrected chi connectivity index (χ1v) is 17.7. The normalized spacial score (nSPS) is 35.2. The van der Waals surface area contributed by atoms with Crippen molar-refractivity contribution in [2.75, 3.05) is 19.7 Å². The van der Waals surface area contributed by atoms with Crippen molar-refractivity contribution in [3.05, 3.63) is 0 Å². The molecule has 0 aromatic rings. The number of ether oxygens (including phenoxy) is 1. The van der Waals surface area contributed by atoms with E-state index in [1.807, 2.05) is 0 Å². The van der Waals surface area contributed by atoms with E-state index in [0.717, 1.165) is 38.5 Å². The standard InChI is InChI=1S/C13H18N2O2.C12H16N2O2.C12H18N2O2/c1-13(2)9-5-11(13)10(3-4-14-7-16)12(6-9)15-8-17;1-12(2)8-3-10(12)9(5-13-6-15)11(4-8)14-7-16;1-9(2)12-4-3-11(14-8-15)5-10(12)6-16-7-13/h9-12H,3-6H2,1-2H3;8-11H,3-5H2,1-2H3;9-12H,3-6H2,1-2H3. The topological polar surface area (TPSA) is 180 Å². The second-order valence-corrected chi connectivity index (χ2v) is 16.0. The summed E-state index contributed by atoms with van der Waals surface area (Å²) in [6.07, 6.45) is 17.8. The molecule has 7 fully saturated rings. The molecule has 0 amide bonds. The van der Waals surface area contributed by atoms with Crippen molar-refractivity contribution >= 4 is 30.4 Å². The highest BCUT2D eigenvalue weighted by Gasteiger charge is 2.58. The Labute approximate surface area is 290 Å². The second kappa shape index (κ2) is 18.3. The second-order valence-electron chi connectivity index (χ2n) is 16.0. The molecule has 12 heteroatoms. The molecule has 0 heterocycles. The molecule has 0 radical (unpaired) electrons. The van der Waals surface area contributed by atoms with Gasteiger partial charge in [-0.2, -0.15) is 5.26 Å². The van der Waals surface area contributed by atoms with Gasteiger partial charge in [-0.3, -0.25) is 0 Å². The Bertz CT molecular complexity index is 1410. The van der Waals surface area contributed by atoms with E-state index in [1.165, 1.54) is 12.8 Å². The Morgan fingerprint density at radius 1 is 0.714 bits per heavy atom. The average molecular weight is 677 g/mol. The van der Waals surface area contributed by atoms with Gasteiger partial charge in [-0.25, -0.2) is 48.9 Å². The first-order valence-electron chi connectivity index (χ1n) is 17.7. The molecule has 0 N–H and O–H groups in total. The van der Waals surface area contributed by atoms with E-state index in [4.69, 9.17) is 10.00 Å². The highest BCUT2D eigenvalue weighted by Crippen LogP contribution is 2.63. The molecule has 266 valence electrons. The zero-order chi connectivity index (χ0) is 36.2. The lowest BCUT2D eigenvalue weighted by Crippen LogP contribution is -2.57. The number of fused-ring (bicyclic) bond motifs is 4. The summed E-state index contributed by atoms with van der Waals surface area (Å²) >= 11 is 0. The van der Waals surface area contributed by atoms with E-state index in [-0.39, 0.29) is 24.0 Å². The van der Waals surface area contributed by atoms with Crippen LogP contribution < -0.4 is 0 Å². The number of hydrogen-bond donors (Lipinski definition) is 0. The molecule has 7 saturated carbocycles. The highest BCUT2D eigenvalue weighted by atomic mass is 16.5. The summed E-state index contributed by atoms with van der Waals surface area (Å²) in [5.74, 6) is 4.50. The van der Waals surface area contributed by atoms with E-state index in [1.54, 1.807) is 36.7 Å². The maximum Gasteiger partial charge on any atom is 0.286 e. The van der Waals surface area contributed by atoms with E-state index in [0.29, 0.717) is 77.9 Å². The molecule has 0 spiro atoms. The predicted molar refractivity (Wildman–Crippen MR) is 181 cm³/mol. The number of rotatable bonds is 11. The van der Waals surface area contributed by atoms with Gasteiger partial charge in [0.1, 0.15) is 6.61 Å². The fourth-order valence-corrected chi connectivity index (χ4v) is 9.98. The Kier molecular flexibility index (Phi) is 14.8. The fraction of sp³-hybridized carbons (Fsp3) is 0.838. The zero-order valence-corrected chi connectivity index (χ0v) is 29.8. The minimum atomic E-state index is 0.00590. The maximum absolute atomic E-state index is 10.5. The van der Waals surface area contributed by atoms with Gasteiger partial charge in [-0.15, -0.1) is 0 Å². The summed E-state index contributed by atoms with van der Waals surface area (Å²) in [5.41, 5.74) is 0.655. The smallest absolute Gasteiger partial charge is 0.286 e. The average Bonchev–Trinajstić information content (AvgIpc) is 3.08. The third-order valence-electron chi connectivity index (χ3n) is 13.1. The van der Waals surface area contributed by atoms with Gasteiger partial charge in [0.25, 0.3) is 6.26 Å². The van der Waals surface area contributed by atoms with Gasteiger partial charge in [0.15, 0.2) is 0 Å². The van der Waals surface area contributed by atoms with Crippen LogP contribution in [0.2, 0.25) is 0 Å². The molecule has 11 unspecified atom stereocenters. The summed E-state index contributed by atoms with van der Waals surface area (Å²) in [6, 6.07) is 0.164. The predicted octanol–water partition coefficient (Wildman–Crippen LogP) is 6.07. The number of carbonyl (C=O) groups excluding carboxylic acids is 5. The molecular weight excluding hydrogens is 624 g/mol. The number of nitriles is 1. The molecule has 0 aromatic carbocycles. The van der Waals surface area contributed by atoms with Gasteiger partial charge >= 0.3 is 0 Å². The Balaban J connectivity index is 0.000000199. The van der Waals surface area contributed by atoms with Crippen molar-refractivity contribution in [1.82, 2.24) is 0 Å². The van der Waals surface area contributed by atoms with Crippen molar-refractivity contribution in [3.8, 4) is 6.26 Å². The minimum Gasteiger partial charge on any atom is -0.427 e. The van der Waals surface area contributed by atoms with Crippen LogP contribution in [0.5, 0.6) is 0 Å². The molecule has 49 heavy (non-hydrogen) atoms. The Morgan fingerprint density at radius 2 is 1.27 bits per heavy atom. The Morgan fingerprint density at radius 3 is 1.76 bits per heavy atom. The highest BCUT2D eigenvalue weighted by molar-refractivity contribution is 5.36. The third kappa shape index (κ3) is 9.46. The first kappa shape index (κ1) is 39.6. The maximum atomic E-state index is 10.5. The van der Waals surface area contributed by atoms with Crippen LogP contribution in [-0.4, -0.2) is 68.2 Å². The fourth-order valence-electron chi connectivity index (χ4n) is 9.98. The largest absolute Gasteiger partial charge is 0.427 e. The van der Waals surface area contributed by atoms with Crippen LogP contribution in [0.25, 0.3) is 0 Å². The van der Waals surface area contributed by atoms with Gasteiger partial charge in [0.2, 0.25) is 30.4 Å². The van der Waals surface area contributed by atoms with Crippen molar-refractivity contribution in [2.24, 2.45) is 89.1 Å².